The van der Waals surface area contributed by atoms with Crippen molar-refractivity contribution in [3.8, 4) is 0 Å². The number of rotatable bonds is 4. The Balaban J connectivity index is 3.95. The first kappa shape index (κ1) is 12.2. The maximum atomic E-state index is 5.73. The van der Waals surface area contributed by atoms with Crippen LogP contribution in [0.15, 0.2) is 0 Å². The van der Waals surface area contributed by atoms with Crippen molar-refractivity contribution in [1.82, 2.24) is 0 Å². The Hall–Kier alpha value is 0.170. The van der Waals surface area contributed by atoms with Crippen LogP contribution in [0.25, 0.3) is 0 Å². The molecule has 4 heteroatoms. The Bertz CT molecular complexity index is 123. The summed E-state index contributed by atoms with van der Waals surface area (Å²) in [4.78, 5) is 0. The van der Waals surface area contributed by atoms with Gasteiger partial charge in [0, 0.05) is 0 Å². The molecule has 0 saturated carbocycles. The molecule has 0 aliphatic heterocycles. The highest BCUT2D eigenvalue weighted by atomic mass is 35.5. The smallest absolute Gasteiger partial charge is 0.107 e. The molecule has 0 radical (unpaired) electrons. The number of hydrogen-bond acceptors (Lipinski definition) is 3. The van der Waals surface area contributed by atoms with Crippen molar-refractivity contribution < 1.29 is 4.74 Å². The molecular formula is C8H19ClN2O. The highest BCUT2D eigenvalue weighted by Crippen LogP contribution is 2.15. The number of halogens is 1. The Morgan fingerprint density at radius 3 is 2.17 bits per heavy atom. The molecule has 3 nitrogen and oxygen atoms in total. The predicted molar refractivity (Wildman–Crippen MR) is 52.1 cm³/mol. The first-order valence-electron chi connectivity index (χ1n) is 4.14. The van der Waals surface area contributed by atoms with Crippen molar-refractivity contribution in [3.05, 3.63) is 0 Å². The van der Waals surface area contributed by atoms with Crippen LogP contribution < -0.4 is 11.5 Å². The largest absolute Gasteiger partial charge is 0.370 e. The SMILES string of the molecule is CC(C)(C)O[C@H](CCN)C(N)Cl. The van der Waals surface area contributed by atoms with Crippen LogP contribution in [0.5, 0.6) is 0 Å². The summed E-state index contributed by atoms with van der Waals surface area (Å²) in [6.07, 6.45) is 0.541. The lowest BCUT2D eigenvalue weighted by Gasteiger charge is -2.28. The molecule has 0 aromatic rings. The van der Waals surface area contributed by atoms with Crippen LogP contribution in [0.3, 0.4) is 0 Å². The van der Waals surface area contributed by atoms with E-state index in [1.54, 1.807) is 0 Å². The lowest BCUT2D eigenvalue weighted by molar-refractivity contribution is -0.0624. The fourth-order valence-corrected chi connectivity index (χ4v) is 1.08. The van der Waals surface area contributed by atoms with Crippen molar-refractivity contribution in [2.45, 2.75) is 44.4 Å². The molecule has 2 atom stereocenters. The number of hydrogen-bond donors (Lipinski definition) is 2. The summed E-state index contributed by atoms with van der Waals surface area (Å²) in [7, 11) is 0. The van der Waals surface area contributed by atoms with E-state index in [1.807, 2.05) is 20.8 Å². The van der Waals surface area contributed by atoms with E-state index in [1.165, 1.54) is 0 Å². The van der Waals surface area contributed by atoms with Gasteiger partial charge in [0.15, 0.2) is 0 Å². The monoisotopic (exact) mass is 194 g/mol. The minimum atomic E-state index is -0.479. The van der Waals surface area contributed by atoms with Crippen LogP contribution in [-0.4, -0.2) is 23.8 Å². The fourth-order valence-electron chi connectivity index (χ4n) is 0.902. The van der Waals surface area contributed by atoms with Crippen LogP contribution in [0.2, 0.25) is 0 Å². The summed E-state index contributed by atoms with van der Waals surface area (Å²) < 4.78 is 5.60. The first-order valence-corrected chi connectivity index (χ1v) is 4.58. The van der Waals surface area contributed by atoms with Crippen LogP contribution in [0.1, 0.15) is 27.2 Å². The van der Waals surface area contributed by atoms with E-state index in [0.29, 0.717) is 13.0 Å². The number of nitrogens with two attached hydrogens (primary N) is 2. The Kier molecular flexibility index (Phi) is 5.09. The van der Waals surface area contributed by atoms with Gasteiger partial charge in [-0.3, -0.25) is 0 Å². The predicted octanol–water partition coefficient (Wildman–Crippen LogP) is 1.04. The molecule has 0 aromatic carbocycles. The molecule has 0 rings (SSSR count). The van der Waals surface area contributed by atoms with Gasteiger partial charge >= 0.3 is 0 Å². The van der Waals surface area contributed by atoms with E-state index in [0.717, 1.165) is 0 Å². The lowest BCUT2D eigenvalue weighted by atomic mass is 10.1. The third-order valence-corrected chi connectivity index (χ3v) is 1.59. The second kappa shape index (κ2) is 5.02. The van der Waals surface area contributed by atoms with Gasteiger partial charge in [0.2, 0.25) is 0 Å². The quantitative estimate of drug-likeness (QED) is 0.520. The molecule has 12 heavy (non-hydrogen) atoms. The van der Waals surface area contributed by atoms with Gasteiger partial charge in [-0.25, -0.2) is 0 Å². The molecule has 0 aliphatic rings. The van der Waals surface area contributed by atoms with Crippen molar-refractivity contribution in [1.29, 1.82) is 0 Å². The second-order valence-corrected chi connectivity index (χ2v) is 4.29. The average Bonchev–Trinajstić information content (AvgIpc) is 1.83. The van der Waals surface area contributed by atoms with Gasteiger partial charge in [0.1, 0.15) is 5.50 Å². The van der Waals surface area contributed by atoms with E-state index in [2.05, 4.69) is 0 Å². The highest BCUT2D eigenvalue weighted by Gasteiger charge is 2.22. The zero-order valence-corrected chi connectivity index (χ0v) is 8.77. The number of ether oxygens (including phenoxy) is 1. The van der Waals surface area contributed by atoms with E-state index >= 15 is 0 Å². The second-order valence-electron chi connectivity index (χ2n) is 3.79. The highest BCUT2D eigenvalue weighted by molar-refractivity contribution is 6.20. The topological polar surface area (TPSA) is 61.3 Å². The van der Waals surface area contributed by atoms with E-state index in [-0.39, 0.29) is 11.7 Å². The van der Waals surface area contributed by atoms with Crippen molar-refractivity contribution in [2.75, 3.05) is 6.54 Å². The molecule has 0 bridgehead atoms. The summed E-state index contributed by atoms with van der Waals surface area (Å²) in [5.41, 5.74) is 10.2. The zero-order chi connectivity index (χ0) is 9.78. The molecule has 74 valence electrons. The van der Waals surface area contributed by atoms with Crippen LogP contribution in [0.4, 0.5) is 0 Å². The summed E-state index contributed by atoms with van der Waals surface area (Å²) in [5.74, 6) is 0. The van der Waals surface area contributed by atoms with E-state index < -0.39 is 5.50 Å². The minimum absolute atomic E-state index is 0.156. The normalized spacial score (nSPS) is 17.5. The minimum Gasteiger partial charge on any atom is -0.370 e. The van der Waals surface area contributed by atoms with Crippen molar-refractivity contribution in [2.24, 2.45) is 11.5 Å². The molecule has 1 unspecified atom stereocenters. The Morgan fingerprint density at radius 1 is 1.42 bits per heavy atom. The van der Waals surface area contributed by atoms with Gasteiger partial charge in [0.05, 0.1) is 11.7 Å². The van der Waals surface area contributed by atoms with Gasteiger partial charge in [-0.1, -0.05) is 0 Å². The standard InChI is InChI=1S/C8H19ClN2O/c1-8(2,3)12-6(4-5-10)7(9)11/h6-7H,4-5,10-11H2,1-3H3/t6-,7?/m1/s1. The maximum Gasteiger partial charge on any atom is 0.107 e. The Labute approximate surface area is 79.4 Å². The van der Waals surface area contributed by atoms with Gasteiger partial charge < -0.3 is 16.2 Å². The molecule has 0 aromatic heterocycles. The van der Waals surface area contributed by atoms with E-state index in [9.17, 15) is 0 Å². The maximum absolute atomic E-state index is 5.73. The van der Waals surface area contributed by atoms with Gasteiger partial charge in [-0.05, 0) is 33.7 Å². The van der Waals surface area contributed by atoms with Crippen LogP contribution in [0, 0.1) is 0 Å². The van der Waals surface area contributed by atoms with Crippen molar-refractivity contribution >= 4 is 11.6 Å². The molecule has 4 N–H and O–H groups in total. The van der Waals surface area contributed by atoms with Gasteiger partial charge in [-0.15, -0.1) is 11.6 Å². The van der Waals surface area contributed by atoms with Crippen LogP contribution >= 0.6 is 11.6 Å². The lowest BCUT2D eigenvalue weighted by Crippen LogP contribution is -2.39. The fraction of sp³-hybridized carbons (Fsp3) is 1.00. The molecule has 0 spiro atoms. The molecule has 0 amide bonds. The van der Waals surface area contributed by atoms with Crippen molar-refractivity contribution in [3.63, 3.8) is 0 Å². The molecule has 0 fully saturated rings. The van der Waals surface area contributed by atoms with Gasteiger partial charge in [0.25, 0.3) is 0 Å². The summed E-state index contributed by atoms with van der Waals surface area (Å²) in [5, 5.41) is 0. The first-order chi connectivity index (χ1) is 5.37. The van der Waals surface area contributed by atoms with Gasteiger partial charge in [-0.2, -0.15) is 0 Å². The molecule has 0 aliphatic carbocycles. The number of alkyl halides is 1. The summed E-state index contributed by atoms with van der Waals surface area (Å²) in [6.45, 7) is 6.45. The Morgan fingerprint density at radius 2 is 1.92 bits per heavy atom. The third kappa shape index (κ3) is 5.77. The third-order valence-electron chi connectivity index (χ3n) is 1.31. The summed E-state index contributed by atoms with van der Waals surface area (Å²) >= 11 is 5.73. The zero-order valence-electron chi connectivity index (χ0n) is 8.01. The molecule has 0 heterocycles. The van der Waals surface area contributed by atoms with Crippen LogP contribution in [-0.2, 0) is 4.74 Å². The summed E-state index contributed by atoms with van der Waals surface area (Å²) in [6, 6.07) is 0. The molecule has 0 saturated heterocycles. The van der Waals surface area contributed by atoms with E-state index in [4.69, 9.17) is 27.8 Å². The molecular weight excluding hydrogens is 176 g/mol. The average molecular weight is 195 g/mol.